The van der Waals surface area contributed by atoms with Gasteiger partial charge in [0.2, 0.25) is 0 Å². The summed E-state index contributed by atoms with van der Waals surface area (Å²) >= 11 is 0. The lowest BCUT2D eigenvalue weighted by Gasteiger charge is -2.11. The Kier molecular flexibility index (Phi) is 3.08. The van der Waals surface area contributed by atoms with Gasteiger partial charge in [0.1, 0.15) is 5.82 Å². The maximum Gasteiger partial charge on any atom is 0.111 e. The Morgan fingerprint density at radius 2 is 2.12 bits per heavy atom. The van der Waals surface area contributed by atoms with Gasteiger partial charge in [-0.15, -0.1) is 0 Å². The lowest BCUT2D eigenvalue weighted by atomic mass is 10.2. The number of hydrogen-bond acceptors (Lipinski definition) is 2. The molecule has 86 valence electrons. The van der Waals surface area contributed by atoms with Crippen molar-refractivity contribution in [3.05, 3.63) is 36.4 Å². The molecule has 4 nitrogen and oxygen atoms in total. The predicted molar refractivity (Wildman–Crippen MR) is 63.3 cm³/mol. The van der Waals surface area contributed by atoms with Gasteiger partial charge in [-0.05, 0) is 6.92 Å². The normalized spacial score (nSPS) is 11.2. The Hall–Kier alpha value is -1.58. The monoisotopic (exact) mass is 218 g/mol. The van der Waals surface area contributed by atoms with Gasteiger partial charge in [0.25, 0.3) is 0 Å². The molecule has 2 heterocycles. The molecular formula is C12H18N4. The first-order valence-electron chi connectivity index (χ1n) is 5.72. The van der Waals surface area contributed by atoms with E-state index in [0.717, 1.165) is 18.9 Å². The fourth-order valence-corrected chi connectivity index (χ4v) is 1.89. The van der Waals surface area contributed by atoms with Crippen molar-refractivity contribution in [3.63, 3.8) is 0 Å². The summed E-state index contributed by atoms with van der Waals surface area (Å²) in [5.74, 6) is 1.58. The van der Waals surface area contributed by atoms with Gasteiger partial charge in [0.05, 0.1) is 18.6 Å². The number of aryl methyl sites for hydroxylation is 1. The average Bonchev–Trinajstić information content (AvgIpc) is 2.86. The zero-order valence-corrected chi connectivity index (χ0v) is 10.1. The third kappa shape index (κ3) is 2.01. The van der Waals surface area contributed by atoms with E-state index in [1.165, 1.54) is 5.69 Å². The highest BCUT2D eigenvalue weighted by Crippen LogP contribution is 2.13. The predicted octanol–water partition coefficient (Wildman–Crippen LogP) is 2.27. The largest absolute Gasteiger partial charge is 0.333 e. The van der Waals surface area contributed by atoms with Gasteiger partial charge in [-0.1, -0.05) is 13.8 Å². The Morgan fingerprint density at radius 1 is 1.31 bits per heavy atom. The highest BCUT2D eigenvalue weighted by molar-refractivity contribution is 5.05. The first-order chi connectivity index (χ1) is 7.72. The molecule has 2 aromatic rings. The van der Waals surface area contributed by atoms with E-state index in [2.05, 4.69) is 39.9 Å². The van der Waals surface area contributed by atoms with Gasteiger partial charge < -0.3 is 9.13 Å². The van der Waals surface area contributed by atoms with E-state index >= 15 is 0 Å². The van der Waals surface area contributed by atoms with Crippen molar-refractivity contribution in [1.82, 2.24) is 19.1 Å². The molecule has 0 amide bonds. The molecular weight excluding hydrogens is 200 g/mol. The number of aromatic nitrogens is 4. The molecule has 2 rings (SSSR count). The number of imidazole rings is 2. The summed E-state index contributed by atoms with van der Waals surface area (Å²) in [6.07, 6.45) is 7.69. The Bertz CT molecular complexity index is 453. The lowest BCUT2D eigenvalue weighted by Crippen LogP contribution is -2.09. The molecule has 4 heteroatoms. The van der Waals surface area contributed by atoms with Crippen molar-refractivity contribution >= 4 is 0 Å². The molecule has 0 saturated carbocycles. The van der Waals surface area contributed by atoms with Crippen LogP contribution in [0.5, 0.6) is 0 Å². The highest BCUT2D eigenvalue weighted by Gasteiger charge is 2.09. The summed E-state index contributed by atoms with van der Waals surface area (Å²) in [5.41, 5.74) is 1.22. The molecule has 0 radical (unpaired) electrons. The molecule has 16 heavy (non-hydrogen) atoms. The third-order valence-corrected chi connectivity index (χ3v) is 2.74. The second-order valence-electron chi connectivity index (χ2n) is 4.24. The lowest BCUT2D eigenvalue weighted by molar-refractivity contribution is 0.625. The molecule has 0 fully saturated rings. The second-order valence-corrected chi connectivity index (χ2v) is 4.24. The van der Waals surface area contributed by atoms with E-state index in [9.17, 15) is 0 Å². The van der Waals surface area contributed by atoms with Crippen LogP contribution in [0.25, 0.3) is 0 Å². The summed E-state index contributed by atoms with van der Waals surface area (Å²) in [5, 5.41) is 0. The van der Waals surface area contributed by atoms with Crippen LogP contribution in [0.15, 0.2) is 24.9 Å². The molecule has 0 spiro atoms. The molecule has 0 N–H and O–H groups in total. The summed E-state index contributed by atoms with van der Waals surface area (Å²) in [6.45, 7) is 8.26. The van der Waals surface area contributed by atoms with Crippen molar-refractivity contribution in [2.24, 2.45) is 0 Å². The molecule has 0 atom stereocenters. The van der Waals surface area contributed by atoms with E-state index in [4.69, 9.17) is 0 Å². The van der Waals surface area contributed by atoms with Gasteiger partial charge in [0, 0.05) is 31.1 Å². The van der Waals surface area contributed by atoms with E-state index in [0.29, 0.717) is 5.92 Å². The van der Waals surface area contributed by atoms with Crippen molar-refractivity contribution in [3.8, 4) is 0 Å². The highest BCUT2D eigenvalue weighted by atomic mass is 15.1. The van der Waals surface area contributed by atoms with Crippen LogP contribution in [0.3, 0.4) is 0 Å². The van der Waals surface area contributed by atoms with Crippen LogP contribution in [-0.2, 0) is 13.1 Å². The minimum atomic E-state index is 0.452. The molecule has 0 unspecified atom stereocenters. The van der Waals surface area contributed by atoms with Crippen LogP contribution >= 0.6 is 0 Å². The summed E-state index contributed by atoms with van der Waals surface area (Å²) in [6, 6.07) is 0. The summed E-state index contributed by atoms with van der Waals surface area (Å²) < 4.78 is 4.35. The second kappa shape index (κ2) is 4.51. The zero-order valence-electron chi connectivity index (χ0n) is 10.1. The standard InChI is InChI=1S/C12H18N4/c1-4-15-9-13-7-11(15)8-16-6-5-14-12(16)10(2)3/h5-7,9-10H,4,8H2,1-3H3. The van der Waals surface area contributed by atoms with Crippen molar-refractivity contribution in [2.75, 3.05) is 0 Å². The smallest absolute Gasteiger partial charge is 0.111 e. The topological polar surface area (TPSA) is 35.6 Å². The summed E-state index contributed by atoms with van der Waals surface area (Å²) in [7, 11) is 0. The van der Waals surface area contributed by atoms with E-state index in [1.54, 1.807) is 0 Å². The molecule has 0 aliphatic carbocycles. The van der Waals surface area contributed by atoms with Gasteiger partial charge in [-0.3, -0.25) is 0 Å². The average molecular weight is 218 g/mol. The van der Waals surface area contributed by atoms with Crippen molar-refractivity contribution in [2.45, 2.75) is 39.8 Å². The van der Waals surface area contributed by atoms with Gasteiger partial charge in [-0.2, -0.15) is 0 Å². The van der Waals surface area contributed by atoms with Crippen LogP contribution < -0.4 is 0 Å². The number of rotatable bonds is 4. The Labute approximate surface area is 96.0 Å². The minimum absolute atomic E-state index is 0.452. The van der Waals surface area contributed by atoms with Crippen LogP contribution in [0.2, 0.25) is 0 Å². The van der Waals surface area contributed by atoms with Gasteiger partial charge in [-0.25, -0.2) is 9.97 Å². The molecule has 0 saturated heterocycles. The van der Waals surface area contributed by atoms with Crippen LogP contribution in [0.4, 0.5) is 0 Å². The van der Waals surface area contributed by atoms with Crippen molar-refractivity contribution < 1.29 is 0 Å². The fraction of sp³-hybridized carbons (Fsp3) is 0.500. The third-order valence-electron chi connectivity index (χ3n) is 2.74. The van der Waals surface area contributed by atoms with E-state index in [-0.39, 0.29) is 0 Å². The maximum atomic E-state index is 4.39. The van der Waals surface area contributed by atoms with E-state index in [1.807, 2.05) is 24.9 Å². The first-order valence-corrected chi connectivity index (χ1v) is 5.72. The van der Waals surface area contributed by atoms with Crippen LogP contribution in [0.1, 0.15) is 38.2 Å². The zero-order chi connectivity index (χ0) is 11.5. The van der Waals surface area contributed by atoms with E-state index < -0.39 is 0 Å². The number of nitrogens with zero attached hydrogens (tertiary/aromatic N) is 4. The minimum Gasteiger partial charge on any atom is -0.333 e. The Morgan fingerprint density at radius 3 is 2.81 bits per heavy atom. The van der Waals surface area contributed by atoms with Crippen LogP contribution in [0, 0.1) is 0 Å². The summed E-state index contributed by atoms with van der Waals surface area (Å²) in [4.78, 5) is 8.56. The van der Waals surface area contributed by atoms with Gasteiger partial charge in [0.15, 0.2) is 0 Å². The molecule has 0 aliphatic heterocycles. The van der Waals surface area contributed by atoms with Crippen molar-refractivity contribution in [1.29, 1.82) is 0 Å². The Balaban J connectivity index is 2.23. The molecule has 0 bridgehead atoms. The maximum absolute atomic E-state index is 4.39. The molecule has 2 aromatic heterocycles. The first kappa shape index (κ1) is 10.9. The molecule has 0 aromatic carbocycles. The number of hydrogen-bond donors (Lipinski definition) is 0. The fourth-order valence-electron chi connectivity index (χ4n) is 1.89. The van der Waals surface area contributed by atoms with Gasteiger partial charge >= 0.3 is 0 Å². The SMILES string of the molecule is CCn1cncc1Cn1ccnc1C(C)C. The molecule has 0 aliphatic rings. The quantitative estimate of drug-likeness (QED) is 0.789. The van der Waals surface area contributed by atoms with Crippen LogP contribution in [-0.4, -0.2) is 19.1 Å².